The normalized spacial score (nSPS) is 22.2. The highest BCUT2D eigenvalue weighted by molar-refractivity contribution is 5.93. The Labute approximate surface area is 287 Å². The number of alkyl halides is 1. The Morgan fingerprint density at radius 2 is 1.60 bits per heavy atom. The third kappa shape index (κ3) is 6.14. The quantitative estimate of drug-likeness (QED) is 0.142. The van der Waals surface area contributed by atoms with Gasteiger partial charge in [-0.25, -0.2) is 24.1 Å². The second-order valence-corrected chi connectivity index (χ2v) is 12.7. The van der Waals surface area contributed by atoms with Gasteiger partial charge in [-0.3, -0.25) is 9.88 Å². The molecule has 0 spiro atoms. The first-order chi connectivity index (χ1) is 23.8. The van der Waals surface area contributed by atoms with Gasteiger partial charge in [-0.2, -0.15) is 0 Å². The molecule has 1 aliphatic heterocycles. The molecule has 3 N–H and O–H groups in total. The van der Waals surface area contributed by atoms with Gasteiger partial charge in [0.2, 0.25) is 5.60 Å². The van der Waals surface area contributed by atoms with E-state index in [0.717, 1.165) is 10.9 Å². The molecule has 13 heteroatoms. The molecule has 3 heterocycles. The fourth-order valence-corrected chi connectivity index (χ4v) is 5.98. The van der Waals surface area contributed by atoms with Gasteiger partial charge in [0, 0.05) is 0 Å². The number of benzene rings is 3. The number of carbonyl (C=O) groups is 1. The lowest BCUT2D eigenvalue weighted by atomic mass is 9.80. The van der Waals surface area contributed by atoms with Gasteiger partial charge in [-0.05, 0) is 49.6 Å². The highest BCUT2D eigenvalue weighted by Gasteiger charge is 2.66. The lowest BCUT2D eigenvalue weighted by molar-refractivity contribution is -0.228. The number of fused-ring (bicyclic) bond motifs is 1. The number of hydrogen-bond donors (Lipinski definition) is 3. The zero-order valence-corrected chi connectivity index (χ0v) is 27.8. The molecule has 3 aromatic carbocycles. The minimum absolute atomic E-state index is 0.0169. The number of amides is 1. The van der Waals surface area contributed by atoms with Crippen LogP contribution in [0.25, 0.3) is 11.2 Å². The van der Waals surface area contributed by atoms with Crippen molar-refractivity contribution >= 4 is 23.1 Å². The molecule has 0 radical (unpaired) electrons. The molecule has 0 aliphatic carbocycles. The Kier molecular flexibility index (Phi) is 9.06. The van der Waals surface area contributed by atoms with Crippen molar-refractivity contribution in [1.82, 2.24) is 19.5 Å². The number of aromatic nitrogens is 4. The van der Waals surface area contributed by atoms with Gasteiger partial charge in [0.15, 0.2) is 29.3 Å². The van der Waals surface area contributed by atoms with E-state index in [0.29, 0.717) is 22.4 Å². The number of anilines is 1. The Morgan fingerprint density at radius 3 is 2.16 bits per heavy atom. The van der Waals surface area contributed by atoms with Crippen LogP contribution in [-0.4, -0.2) is 72.7 Å². The lowest BCUT2D eigenvalue weighted by Gasteiger charge is -2.38. The predicted octanol–water partition coefficient (Wildman–Crippen LogP) is 5.11. The first-order valence-corrected chi connectivity index (χ1v) is 15.7. The van der Waals surface area contributed by atoms with Crippen LogP contribution in [0.1, 0.15) is 43.7 Å². The number of terminal acetylenes is 1. The van der Waals surface area contributed by atoms with Crippen LogP contribution in [0.3, 0.4) is 0 Å². The highest BCUT2D eigenvalue weighted by Crippen LogP contribution is 2.49. The van der Waals surface area contributed by atoms with Crippen LogP contribution in [0.2, 0.25) is 0 Å². The second kappa shape index (κ2) is 13.1. The van der Waals surface area contributed by atoms with Crippen molar-refractivity contribution in [2.75, 3.05) is 19.0 Å². The van der Waals surface area contributed by atoms with Crippen LogP contribution >= 0.6 is 0 Å². The fourth-order valence-electron chi connectivity index (χ4n) is 5.98. The van der Waals surface area contributed by atoms with Crippen molar-refractivity contribution in [3.8, 4) is 18.1 Å². The van der Waals surface area contributed by atoms with Crippen LogP contribution in [0, 0.1) is 12.3 Å². The summed E-state index contributed by atoms with van der Waals surface area (Å²) in [6, 6.07) is 25.5. The molecule has 1 aliphatic rings. The number of imidazole rings is 1. The molecular formula is C37H36FN5O7. The zero-order valence-electron chi connectivity index (χ0n) is 27.8. The Morgan fingerprint density at radius 1 is 1.00 bits per heavy atom. The first kappa shape index (κ1) is 34.5. The number of nitrogens with zero attached hydrogens (tertiary/aromatic N) is 4. The van der Waals surface area contributed by atoms with E-state index < -0.39 is 47.7 Å². The standard InChI is InChI=1S/C37H36FN5O7/c1-6-35(46)31(44)36(38,49-32(35)43-23-41-28-29(39-22-40-30(28)43)42-33(45)50-34(2,3)4)21-48-37(24-13-9-7-10-14-24,25-15-11-8-12-16-25)26-17-19-27(47-5)20-18-26/h1,7-20,22-23,31-32,44,46H,21H2,2-5H3,(H,39,40,42,45)/t31-,32+,35+,36+/m0/s1. The van der Waals surface area contributed by atoms with Gasteiger partial charge in [0.1, 0.15) is 29.9 Å². The van der Waals surface area contributed by atoms with Crippen molar-refractivity contribution in [1.29, 1.82) is 0 Å². The number of carbonyl (C=O) groups excluding carboxylic acids is 1. The van der Waals surface area contributed by atoms with E-state index in [1.165, 1.54) is 6.33 Å². The average Bonchev–Trinajstić information content (AvgIpc) is 3.63. The number of aliphatic hydroxyl groups is 2. The van der Waals surface area contributed by atoms with Gasteiger partial charge in [0.05, 0.1) is 13.4 Å². The topological polar surface area (TPSA) is 150 Å². The van der Waals surface area contributed by atoms with E-state index in [2.05, 4.69) is 26.2 Å². The van der Waals surface area contributed by atoms with Crippen molar-refractivity contribution in [3.63, 3.8) is 0 Å². The highest BCUT2D eigenvalue weighted by atomic mass is 19.2. The molecule has 12 nitrogen and oxygen atoms in total. The van der Waals surface area contributed by atoms with Gasteiger partial charge in [0.25, 0.3) is 5.85 Å². The van der Waals surface area contributed by atoms with Crippen LogP contribution in [0.4, 0.5) is 15.0 Å². The number of methoxy groups -OCH3 is 1. The molecule has 6 rings (SSSR count). The van der Waals surface area contributed by atoms with Crippen molar-refractivity contribution in [3.05, 3.63) is 114 Å². The molecule has 258 valence electrons. The number of aliphatic hydroxyl groups excluding tert-OH is 1. The summed E-state index contributed by atoms with van der Waals surface area (Å²) in [6.45, 7) is 4.22. The summed E-state index contributed by atoms with van der Waals surface area (Å²) in [5.74, 6) is -0.364. The monoisotopic (exact) mass is 681 g/mol. The summed E-state index contributed by atoms with van der Waals surface area (Å²) in [4.78, 5) is 25.0. The number of nitrogens with one attached hydrogen (secondary N) is 1. The zero-order chi connectivity index (χ0) is 35.7. The predicted molar refractivity (Wildman–Crippen MR) is 181 cm³/mol. The minimum Gasteiger partial charge on any atom is -0.497 e. The van der Waals surface area contributed by atoms with Crippen molar-refractivity contribution in [2.24, 2.45) is 0 Å². The maximum absolute atomic E-state index is 17.2. The summed E-state index contributed by atoms with van der Waals surface area (Å²) in [6.07, 6.45) is 3.23. The van der Waals surface area contributed by atoms with E-state index in [4.69, 9.17) is 25.4 Å². The average molecular weight is 682 g/mol. The van der Waals surface area contributed by atoms with Gasteiger partial charge < -0.3 is 29.2 Å². The van der Waals surface area contributed by atoms with Crippen molar-refractivity contribution in [2.45, 2.75) is 55.8 Å². The maximum atomic E-state index is 17.2. The van der Waals surface area contributed by atoms with Crippen LogP contribution in [0.15, 0.2) is 97.6 Å². The smallest absolute Gasteiger partial charge is 0.413 e. The Hall–Kier alpha value is -5.39. The molecule has 0 saturated carbocycles. The van der Waals surface area contributed by atoms with E-state index >= 15 is 4.39 Å². The van der Waals surface area contributed by atoms with E-state index in [1.54, 1.807) is 52.1 Å². The third-order valence-corrected chi connectivity index (χ3v) is 8.31. The number of hydrogen-bond acceptors (Lipinski definition) is 10. The van der Waals surface area contributed by atoms with Crippen LogP contribution < -0.4 is 10.1 Å². The van der Waals surface area contributed by atoms with Crippen LogP contribution in [0.5, 0.6) is 5.75 Å². The third-order valence-electron chi connectivity index (χ3n) is 8.31. The molecule has 50 heavy (non-hydrogen) atoms. The van der Waals surface area contributed by atoms with Crippen molar-refractivity contribution < 1.29 is 38.3 Å². The number of rotatable bonds is 9. The SMILES string of the molecule is C#C[C@]1(O)[C@H](n2cnc3c(NC(=O)OC(C)(C)C)ncnc32)O[C@](F)(COC(c2ccccc2)(c2ccccc2)c2ccc(OC)cc2)[C@H]1O. The number of ether oxygens (including phenoxy) is 4. The molecule has 5 aromatic rings. The summed E-state index contributed by atoms with van der Waals surface area (Å²) < 4.78 is 41.5. The molecule has 0 unspecified atom stereocenters. The van der Waals surface area contributed by atoms with E-state index in [-0.39, 0.29) is 17.0 Å². The summed E-state index contributed by atoms with van der Waals surface area (Å²) in [5.41, 5.74) is -2.84. The summed E-state index contributed by atoms with van der Waals surface area (Å²) in [7, 11) is 1.55. The molecule has 0 bridgehead atoms. The van der Waals surface area contributed by atoms with Gasteiger partial charge >= 0.3 is 6.09 Å². The van der Waals surface area contributed by atoms with E-state index in [1.807, 2.05) is 60.7 Å². The molecule has 1 fully saturated rings. The van der Waals surface area contributed by atoms with Gasteiger partial charge in [-0.15, -0.1) is 6.42 Å². The minimum atomic E-state index is -3.06. The Balaban J connectivity index is 1.39. The largest absolute Gasteiger partial charge is 0.497 e. The molecule has 1 amide bonds. The molecule has 2 aromatic heterocycles. The molecule has 4 atom stereocenters. The Bertz CT molecular complexity index is 1970. The fraction of sp³-hybridized carbons (Fsp3) is 0.297. The lowest BCUT2D eigenvalue weighted by Crippen LogP contribution is -2.51. The summed E-state index contributed by atoms with van der Waals surface area (Å²) >= 11 is 0. The molecule has 1 saturated heterocycles. The summed E-state index contributed by atoms with van der Waals surface area (Å²) in [5, 5.41) is 25.6. The van der Waals surface area contributed by atoms with Gasteiger partial charge in [-0.1, -0.05) is 78.7 Å². The second-order valence-electron chi connectivity index (χ2n) is 12.7. The number of halogens is 1. The van der Waals surface area contributed by atoms with E-state index in [9.17, 15) is 15.0 Å². The first-order valence-electron chi connectivity index (χ1n) is 15.7. The van der Waals surface area contributed by atoms with Crippen LogP contribution in [-0.2, 0) is 19.8 Å². The molecular weight excluding hydrogens is 645 g/mol. The maximum Gasteiger partial charge on any atom is 0.413 e.